The predicted octanol–water partition coefficient (Wildman–Crippen LogP) is 5.53. The SMILES string of the molecule is C=CCN1C(=O)c2oc3cc(C)c(Cl)cc3c(=O)c2C1c1ccc(OCC(C)C)c(OC)c1. The third-order valence-electron chi connectivity index (χ3n) is 5.65. The normalized spacial score (nSPS) is 15.3. The maximum absolute atomic E-state index is 13.6. The quantitative estimate of drug-likeness (QED) is 0.427. The van der Waals surface area contributed by atoms with Crippen LogP contribution in [0.1, 0.15) is 47.1 Å². The number of fused-ring (bicyclic) bond motifs is 2. The van der Waals surface area contributed by atoms with Gasteiger partial charge in [-0.2, -0.15) is 0 Å². The first-order valence-corrected chi connectivity index (χ1v) is 11.1. The fraction of sp³-hybridized carbons (Fsp3) is 0.308. The van der Waals surface area contributed by atoms with Gasteiger partial charge in [0.25, 0.3) is 5.91 Å². The first kappa shape index (κ1) is 22.9. The molecule has 0 aliphatic carbocycles. The van der Waals surface area contributed by atoms with Crippen molar-refractivity contribution >= 4 is 28.5 Å². The average Bonchev–Trinajstić information content (AvgIpc) is 3.06. The first-order valence-electron chi connectivity index (χ1n) is 10.8. The zero-order valence-corrected chi connectivity index (χ0v) is 19.9. The van der Waals surface area contributed by atoms with Crippen LogP contribution in [0.15, 0.2) is 52.2 Å². The average molecular weight is 468 g/mol. The zero-order valence-electron chi connectivity index (χ0n) is 19.1. The molecular formula is C26H26ClNO5. The van der Waals surface area contributed by atoms with Gasteiger partial charge in [-0.3, -0.25) is 9.59 Å². The molecule has 0 spiro atoms. The lowest BCUT2D eigenvalue weighted by Crippen LogP contribution is -2.29. The predicted molar refractivity (Wildman–Crippen MR) is 129 cm³/mol. The lowest BCUT2D eigenvalue weighted by molar-refractivity contribution is 0.0748. The van der Waals surface area contributed by atoms with Crippen LogP contribution in [0.4, 0.5) is 0 Å². The Bertz CT molecular complexity index is 1310. The Balaban J connectivity index is 1.90. The van der Waals surface area contributed by atoms with Crippen LogP contribution in [0, 0.1) is 12.8 Å². The van der Waals surface area contributed by atoms with Gasteiger partial charge in [0, 0.05) is 11.6 Å². The summed E-state index contributed by atoms with van der Waals surface area (Å²) in [7, 11) is 1.56. The van der Waals surface area contributed by atoms with Gasteiger partial charge < -0.3 is 18.8 Å². The number of aryl methyl sites for hydroxylation is 1. The Morgan fingerprint density at radius 2 is 1.97 bits per heavy atom. The van der Waals surface area contributed by atoms with Crippen molar-refractivity contribution in [3.8, 4) is 11.5 Å². The van der Waals surface area contributed by atoms with E-state index in [1.54, 1.807) is 42.4 Å². The van der Waals surface area contributed by atoms with Crippen LogP contribution >= 0.6 is 11.6 Å². The lowest BCUT2D eigenvalue weighted by Gasteiger charge is -2.24. The minimum absolute atomic E-state index is 0.0418. The summed E-state index contributed by atoms with van der Waals surface area (Å²) in [6.07, 6.45) is 1.62. The first-order chi connectivity index (χ1) is 15.8. The van der Waals surface area contributed by atoms with Crippen LogP contribution in [0.5, 0.6) is 11.5 Å². The van der Waals surface area contributed by atoms with Crippen molar-refractivity contribution in [1.82, 2.24) is 4.90 Å². The molecule has 7 heteroatoms. The third kappa shape index (κ3) is 4.00. The van der Waals surface area contributed by atoms with Gasteiger partial charge in [0.1, 0.15) is 5.58 Å². The summed E-state index contributed by atoms with van der Waals surface area (Å²) in [5, 5.41) is 0.804. The summed E-state index contributed by atoms with van der Waals surface area (Å²) in [5.74, 6) is 1.16. The molecular weight excluding hydrogens is 442 g/mol. The van der Waals surface area contributed by atoms with E-state index in [1.807, 2.05) is 13.0 Å². The molecule has 1 unspecified atom stereocenters. The smallest absolute Gasteiger partial charge is 0.291 e. The Morgan fingerprint density at radius 3 is 2.64 bits per heavy atom. The van der Waals surface area contributed by atoms with E-state index in [1.165, 1.54) is 0 Å². The molecule has 1 atom stereocenters. The number of nitrogens with zero attached hydrogens (tertiary/aromatic N) is 1. The fourth-order valence-corrected chi connectivity index (χ4v) is 4.21. The highest BCUT2D eigenvalue weighted by Gasteiger charge is 2.42. The number of carbonyl (C=O) groups is 1. The van der Waals surface area contributed by atoms with Gasteiger partial charge in [0.05, 0.1) is 30.7 Å². The van der Waals surface area contributed by atoms with Crippen LogP contribution in [0.25, 0.3) is 11.0 Å². The zero-order chi connectivity index (χ0) is 23.9. The Kier molecular flexibility index (Phi) is 6.21. The van der Waals surface area contributed by atoms with Crippen molar-refractivity contribution in [2.75, 3.05) is 20.3 Å². The van der Waals surface area contributed by atoms with Crippen LogP contribution in [0.3, 0.4) is 0 Å². The molecule has 33 heavy (non-hydrogen) atoms. The van der Waals surface area contributed by atoms with E-state index >= 15 is 0 Å². The molecule has 2 heterocycles. The Labute approximate surface area is 197 Å². The van der Waals surface area contributed by atoms with E-state index in [0.717, 1.165) is 5.56 Å². The molecule has 1 amide bonds. The summed E-state index contributed by atoms with van der Waals surface area (Å²) < 4.78 is 17.4. The Morgan fingerprint density at radius 1 is 1.21 bits per heavy atom. The molecule has 3 aromatic rings. The number of carbonyl (C=O) groups excluding carboxylic acids is 1. The molecule has 1 aromatic heterocycles. The number of hydrogen-bond acceptors (Lipinski definition) is 5. The van der Waals surface area contributed by atoms with Crippen molar-refractivity contribution in [3.05, 3.63) is 80.7 Å². The summed E-state index contributed by atoms with van der Waals surface area (Å²) in [5.41, 5.74) is 1.81. The standard InChI is InChI=1S/C26H26ClNO5/c1-6-9-28-23(16-7-8-19(21(11-16)31-5)32-13-14(2)3)22-24(29)17-12-18(27)15(4)10-20(17)33-25(22)26(28)30/h6-8,10-12,14,23H,1,9,13H2,2-5H3. The molecule has 2 aromatic carbocycles. The fourth-order valence-electron chi connectivity index (χ4n) is 4.04. The number of rotatable bonds is 7. The molecule has 172 valence electrons. The van der Waals surface area contributed by atoms with Gasteiger partial charge in [0.2, 0.25) is 5.76 Å². The van der Waals surface area contributed by atoms with Crippen LogP contribution in [-0.2, 0) is 0 Å². The third-order valence-corrected chi connectivity index (χ3v) is 6.06. The van der Waals surface area contributed by atoms with Crippen molar-refractivity contribution < 1.29 is 18.7 Å². The van der Waals surface area contributed by atoms with E-state index in [2.05, 4.69) is 20.4 Å². The molecule has 6 nitrogen and oxygen atoms in total. The van der Waals surface area contributed by atoms with E-state index in [4.69, 9.17) is 25.5 Å². The molecule has 4 rings (SSSR count). The van der Waals surface area contributed by atoms with Crippen LogP contribution < -0.4 is 14.9 Å². The number of halogens is 1. The van der Waals surface area contributed by atoms with E-state index < -0.39 is 6.04 Å². The molecule has 0 radical (unpaired) electrons. The van der Waals surface area contributed by atoms with Gasteiger partial charge in [-0.25, -0.2) is 0 Å². The number of benzene rings is 2. The van der Waals surface area contributed by atoms with Crippen molar-refractivity contribution in [2.24, 2.45) is 5.92 Å². The van der Waals surface area contributed by atoms with Gasteiger partial charge in [0.15, 0.2) is 16.9 Å². The summed E-state index contributed by atoms with van der Waals surface area (Å²) in [6, 6.07) is 8.06. The second-order valence-electron chi connectivity index (χ2n) is 8.54. The monoisotopic (exact) mass is 467 g/mol. The van der Waals surface area contributed by atoms with Crippen molar-refractivity contribution in [3.63, 3.8) is 0 Å². The summed E-state index contributed by atoms with van der Waals surface area (Å²) in [4.78, 5) is 28.4. The summed E-state index contributed by atoms with van der Waals surface area (Å²) >= 11 is 6.28. The largest absolute Gasteiger partial charge is 0.493 e. The van der Waals surface area contributed by atoms with Crippen molar-refractivity contribution in [1.29, 1.82) is 0 Å². The van der Waals surface area contributed by atoms with Crippen LogP contribution in [0.2, 0.25) is 5.02 Å². The van der Waals surface area contributed by atoms with Gasteiger partial charge in [-0.05, 0) is 48.2 Å². The van der Waals surface area contributed by atoms with Gasteiger partial charge in [-0.1, -0.05) is 37.6 Å². The number of ether oxygens (including phenoxy) is 2. The maximum Gasteiger partial charge on any atom is 0.291 e. The summed E-state index contributed by atoms with van der Waals surface area (Å²) in [6.45, 7) is 10.5. The topological polar surface area (TPSA) is 69.0 Å². The Hall–Kier alpha value is -3.25. The maximum atomic E-state index is 13.6. The molecule has 0 saturated carbocycles. The lowest BCUT2D eigenvalue weighted by atomic mass is 9.97. The minimum Gasteiger partial charge on any atom is -0.493 e. The highest BCUT2D eigenvalue weighted by Crippen LogP contribution is 2.41. The number of methoxy groups -OCH3 is 1. The second-order valence-corrected chi connectivity index (χ2v) is 8.94. The van der Waals surface area contributed by atoms with Crippen LogP contribution in [-0.4, -0.2) is 31.1 Å². The number of amides is 1. The van der Waals surface area contributed by atoms with E-state index in [0.29, 0.717) is 45.6 Å². The molecule has 1 aliphatic rings. The minimum atomic E-state index is -0.653. The van der Waals surface area contributed by atoms with Gasteiger partial charge >= 0.3 is 0 Å². The molecule has 0 fully saturated rings. The second kappa shape index (κ2) is 8.94. The van der Waals surface area contributed by atoms with E-state index in [9.17, 15) is 9.59 Å². The van der Waals surface area contributed by atoms with Crippen molar-refractivity contribution in [2.45, 2.75) is 26.8 Å². The highest BCUT2D eigenvalue weighted by molar-refractivity contribution is 6.32. The molecule has 1 aliphatic heterocycles. The van der Waals surface area contributed by atoms with Gasteiger partial charge in [-0.15, -0.1) is 6.58 Å². The molecule has 0 N–H and O–H groups in total. The molecule has 0 saturated heterocycles. The molecule has 0 bridgehead atoms. The highest BCUT2D eigenvalue weighted by atomic mass is 35.5. The van der Waals surface area contributed by atoms with E-state index in [-0.39, 0.29) is 29.2 Å². The number of hydrogen-bond donors (Lipinski definition) is 0.